The molecule has 2 aromatic rings. The molecule has 0 saturated carbocycles. The van der Waals surface area contributed by atoms with Crippen LogP contribution < -0.4 is 15.4 Å². The SMILES string of the molecule is CN=C(NCc1ccccc1OC(F)(F)F)NCC(c1cccs1)N(C)C. The molecule has 5 nitrogen and oxygen atoms in total. The lowest BCUT2D eigenvalue weighted by Crippen LogP contribution is -2.41. The quantitative estimate of drug-likeness (QED) is 0.551. The number of likely N-dealkylation sites (N-methyl/N-ethyl adjacent to an activating group) is 1. The van der Waals surface area contributed by atoms with Gasteiger partial charge in [-0.2, -0.15) is 0 Å². The van der Waals surface area contributed by atoms with E-state index in [2.05, 4.69) is 31.3 Å². The van der Waals surface area contributed by atoms with Gasteiger partial charge in [-0.05, 0) is 31.6 Å². The molecular weight excluding hydrogens is 377 g/mol. The molecule has 0 aliphatic carbocycles. The van der Waals surface area contributed by atoms with Crippen molar-refractivity contribution in [1.29, 1.82) is 0 Å². The molecule has 0 saturated heterocycles. The Morgan fingerprint density at radius 1 is 1.19 bits per heavy atom. The maximum Gasteiger partial charge on any atom is 0.573 e. The fourth-order valence-corrected chi connectivity index (χ4v) is 3.41. The van der Waals surface area contributed by atoms with Gasteiger partial charge >= 0.3 is 6.36 Å². The Bertz CT molecular complexity index is 732. The average molecular weight is 400 g/mol. The molecule has 2 rings (SSSR count). The van der Waals surface area contributed by atoms with Crippen LogP contribution >= 0.6 is 11.3 Å². The summed E-state index contributed by atoms with van der Waals surface area (Å²) < 4.78 is 41.6. The molecule has 0 spiro atoms. The first-order valence-corrected chi connectivity index (χ1v) is 9.16. The number of hydrogen-bond donors (Lipinski definition) is 2. The van der Waals surface area contributed by atoms with Crippen LogP contribution in [0.1, 0.15) is 16.5 Å². The highest BCUT2D eigenvalue weighted by atomic mass is 32.1. The lowest BCUT2D eigenvalue weighted by molar-refractivity contribution is -0.274. The van der Waals surface area contributed by atoms with Crippen molar-refractivity contribution in [3.63, 3.8) is 0 Å². The van der Waals surface area contributed by atoms with Gasteiger partial charge in [-0.15, -0.1) is 24.5 Å². The second-order valence-corrected chi connectivity index (χ2v) is 6.94. The Labute approximate surface area is 160 Å². The van der Waals surface area contributed by atoms with Gasteiger partial charge in [0.15, 0.2) is 5.96 Å². The van der Waals surface area contributed by atoms with Crippen molar-refractivity contribution in [1.82, 2.24) is 15.5 Å². The van der Waals surface area contributed by atoms with E-state index in [9.17, 15) is 13.2 Å². The Kier molecular flexibility index (Phi) is 7.49. The number of halogens is 3. The third-order valence-corrected chi connectivity index (χ3v) is 4.80. The van der Waals surface area contributed by atoms with Crippen LogP contribution in [0, 0.1) is 0 Å². The van der Waals surface area contributed by atoms with Crippen LogP contribution in [0.5, 0.6) is 5.75 Å². The number of nitrogens with one attached hydrogen (secondary N) is 2. The summed E-state index contributed by atoms with van der Waals surface area (Å²) in [7, 11) is 5.60. The fraction of sp³-hybridized carbons (Fsp3) is 0.389. The van der Waals surface area contributed by atoms with Crippen molar-refractivity contribution in [3.8, 4) is 5.75 Å². The van der Waals surface area contributed by atoms with Crippen molar-refractivity contribution in [2.75, 3.05) is 27.7 Å². The second-order valence-electron chi connectivity index (χ2n) is 5.96. The zero-order chi connectivity index (χ0) is 19.9. The summed E-state index contributed by atoms with van der Waals surface area (Å²) >= 11 is 1.67. The van der Waals surface area contributed by atoms with Crippen LogP contribution in [0.3, 0.4) is 0 Å². The molecule has 0 radical (unpaired) electrons. The summed E-state index contributed by atoms with van der Waals surface area (Å²) in [5.74, 6) is 0.276. The van der Waals surface area contributed by atoms with E-state index in [1.165, 1.54) is 17.0 Å². The molecule has 1 unspecified atom stereocenters. The molecule has 0 bridgehead atoms. The summed E-state index contributed by atoms with van der Waals surface area (Å²) in [6, 6.07) is 10.3. The number of alkyl halides is 3. The molecule has 0 fully saturated rings. The maximum atomic E-state index is 12.5. The Morgan fingerprint density at radius 3 is 2.52 bits per heavy atom. The highest BCUT2D eigenvalue weighted by Gasteiger charge is 2.31. The molecule has 1 aromatic carbocycles. The summed E-state index contributed by atoms with van der Waals surface area (Å²) in [5.41, 5.74) is 0.389. The lowest BCUT2D eigenvalue weighted by atomic mass is 10.2. The monoisotopic (exact) mass is 400 g/mol. The van der Waals surface area contributed by atoms with Gasteiger partial charge in [0.05, 0.1) is 6.04 Å². The predicted molar refractivity (Wildman–Crippen MR) is 102 cm³/mol. The van der Waals surface area contributed by atoms with Gasteiger partial charge in [0.25, 0.3) is 0 Å². The van der Waals surface area contributed by atoms with Gasteiger partial charge in [0.2, 0.25) is 0 Å². The molecular formula is C18H23F3N4OS. The first kappa shape index (κ1) is 21.0. The van der Waals surface area contributed by atoms with E-state index in [0.717, 1.165) is 0 Å². The minimum absolute atomic E-state index is 0.150. The molecule has 0 aliphatic rings. The molecule has 27 heavy (non-hydrogen) atoms. The highest BCUT2D eigenvalue weighted by molar-refractivity contribution is 7.10. The molecule has 2 N–H and O–H groups in total. The lowest BCUT2D eigenvalue weighted by Gasteiger charge is -2.24. The van der Waals surface area contributed by atoms with Gasteiger partial charge in [0.1, 0.15) is 5.75 Å². The number of nitrogens with zero attached hydrogens (tertiary/aromatic N) is 2. The number of hydrogen-bond acceptors (Lipinski definition) is 4. The molecule has 1 heterocycles. The van der Waals surface area contributed by atoms with Gasteiger partial charge < -0.3 is 20.3 Å². The predicted octanol–water partition coefficient (Wildman–Crippen LogP) is 3.61. The Balaban J connectivity index is 1.96. The smallest absolute Gasteiger partial charge is 0.405 e. The Morgan fingerprint density at radius 2 is 1.93 bits per heavy atom. The summed E-state index contributed by atoms with van der Waals surface area (Å²) in [6.07, 6.45) is -4.73. The third kappa shape index (κ3) is 6.76. The minimum atomic E-state index is -4.73. The van der Waals surface area contributed by atoms with E-state index in [1.807, 2.05) is 25.5 Å². The number of para-hydroxylation sites is 1. The van der Waals surface area contributed by atoms with E-state index < -0.39 is 6.36 Å². The van der Waals surface area contributed by atoms with E-state index in [-0.39, 0.29) is 18.3 Å². The van der Waals surface area contributed by atoms with Crippen LogP contribution in [0.4, 0.5) is 13.2 Å². The molecule has 1 aromatic heterocycles. The molecule has 148 valence electrons. The largest absolute Gasteiger partial charge is 0.573 e. The number of benzene rings is 1. The number of rotatable bonds is 7. The van der Waals surface area contributed by atoms with Crippen LogP contribution in [0.2, 0.25) is 0 Å². The summed E-state index contributed by atoms with van der Waals surface area (Å²) in [4.78, 5) is 7.45. The Hall–Kier alpha value is -2.26. The number of guanidine groups is 1. The van der Waals surface area contributed by atoms with E-state index in [0.29, 0.717) is 18.1 Å². The van der Waals surface area contributed by atoms with Crippen LogP contribution in [0.25, 0.3) is 0 Å². The third-order valence-electron chi connectivity index (χ3n) is 3.83. The van der Waals surface area contributed by atoms with Crippen LogP contribution in [0.15, 0.2) is 46.8 Å². The van der Waals surface area contributed by atoms with Gasteiger partial charge in [-0.1, -0.05) is 24.3 Å². The van der Waals surface area contributed by atoms with Crippen LogP contribution in [-0.2, 0) is 6.54 Å². The van der Waals surface area contributed by atoms with Crippen LogP contribution in [-0.4, -0.2) is 44.9 Å². The minimum Gasteiger partial charge on any atom is -0.405 e. The zero-order valence-corrected chi connectivity index (χ0v) is 16.2. The molecule has 0 aliphatic heterocycles. The van der Waals surface area contributed by atoms with Crippen molar-refractivity contribution in [2.24, 2.45) is 4.99 Å². The first-order chi connectivity index (χ1) is 12.8. The first-order valence-electron chi connectivity index (χ1n) is 8.28. The van der Waals surface area contributed by atoms with Crippen molar-refractivity contribution in [2.45, 2.75) is 18.9 Å². The van der Waals surface area contributed by atoms with Crippen molar-refractivity contribution < 1.29 is 17.9 Å². The van der Waals surface area contributed by atoms with E-state index in [4.69, 9.17) is 0 Å². The number of aliphatic imine (C=N–C) groups is 1. The second kappa shape index (κ2) is 9.61. The molecule has 1 atom stereocenters. The zero-order valence-electron chi connectivity index (χ0n) is 15.4. The number of thiophene rings is 1. The number of ether oxygens (including phenoxy) is 1. The molecule has 9 heteroatoms. The fourth-order valence-electron chi connectivity index (χ4n) is 2.49. The van der Waals surface area contributed by atoms with Crippen molar-refractivity contribution in [3.05, 3.63) is 52.2 Å². The van der Waals surface area contributed by atoms with Gasteiger partial charge in [0, 0.05) is 30.6 Å². The average Bonchev–Trinajstić information content (AvgIpc) is 3.11. The highest BCUT2D eigenvalue weighted by Crippen LogP contribution is 2.26. The molecule has 0 amide bonds. The normalized spacial score (nSPS) is 13.5. The van der Waals surface area contributed by atoms with E-state index >= 15 is 0 Å². The van der Waals surface area contributed by atoms with E-state index in [1.54, 1.807) is 30.5 Å². The topological polar surface area (TPSA) is 48.9 Å². The summed E-state index contributed by atoms with van der Waals surface area (Å²) in [5, 5.41) is 8.27. The summed E-state index contributed by atoms with van der Waals surface area (Å²) in [6.45, 7) is 0.755. The van der Waals surface area contributed by atoms with Gasteiger partial charge in [-0.25, -0.2) is 0 Å². The van der Waals surface area contributed by atoms with Crippen molar-refractivity contribution >= 4 is 17.3 Å². The maximum absolute atomic E-state index is 12.5. The standard InChI is InChI=1S/C18H23F3N4OS/c1-22-17(24-12-14(25(2)3)16-9-6-10-27-16)23-11-13-7-4-5-8-15(13)26-18(19,20)21/h4-10,14H,11-12H2,1-3H3,(H2,22,23,24). The van der Waals surface area contributed by atoms with Gasteiger partial charge in [-0.3, -0.25) is 4.99 Å².